The summed E-state index contributed by atoms with van der Waals surface area (Å²) in [5.74, 6) is -1.11. The summed E-state index contributed by atoms with van der Waals surface area (Å²) in [4.78, 5) is 24.8. The first kappa shape index (κ1) is 20.1. The van der Waals surface area contributed by atoms with Crippen LogP contribution in [-0.4, -0.2) is 51.2 Å². The maximum absolute atomic E-state index is 14.3. The number of carbonyl (C=O) groups excluding carboxylic acids is 1. The largest absolute Gasteiger partial charge is 0.444 e. The van der Waals surface area contributed by atoms with Gasteiger partial charge in [-0.3, -0.25) is 4.90 Å². The SMILES string of the molecule is CC(C)(C)OC(=O)N1[C@@H]2CC[C@@]1(C)CN(c1nc(Cl)nc3c(F)cc(F)cc13)C2. The molecule has 2 saturated heterocycles. The second-order valence-corrected chi connectivity index (χ2v) is 9.36. The third-order valence-electron chi connectivity index (χ3n) is 5.49. The summed E-state index contributed by atoms with van der Waals surface area (Å²) in [5, 5.41) is 0.158. The summed E-state index contributed by atoms with van der Waals surface area (Å²) in [5.41, 5.74) is -1.09. The van der Waals surface area contributed by atoms with Gasteiger partial charge in [0.15, 0.2) is 5.82 Å². The van der Waals surface area contributed by atoms with Crippen LogP contribution >= 0.6 is 11.6 Å². The van der Waals surface area contributed by atoms with Crippen molar-refractivity contribution in [1.29, 1.82) is 0 Å². The van der Waals surface area contributed by atoms with E-state index in [0.29, 0.717) is 18.9 Å². The lowest BCUT2D eigenvalue weighted by Gasteiger charge is -2.47. The molecule has 4 rings (SSSR count). The number of halogens is 3. The summed E-state index contributed by atoms with van der Waals surface area (Å²) >= 11 is 6.04. The van der Waals surface area contributed by atoms with Gasteiger partial charge in [-0.2, -0.15) is 4.98 Å². The molecule has 1 aromatic carbocycles. The molecule has 0 saturated carbocycles. The van der Waals surface area contributed by atoms with Gasteiger partial charge in [-0.05, 0) is 58.2 Å². The molecule has 1 aromatic heterocycles. The quantitative estimate of drug-likeness (QED) is 0.629. The minimum atomic E-state index is -0.785. The highest BCUT2D eigenvalue weighted by Crippen LogP contribution is 2.42. The van der Waals surface area contributed by atoms with E-state index in [0.717, 1.165) is 18.9 Å². The molecule has 0 radical (unpaired) electrons. The Hall–Kier alpha value is -2.22. The van der Waals surface area contributed by atoms with Gasteiger partial charge in [0.2, 0.25) is 5.28 Å². The summed E-state index contributed by atoms with van der Waals surface area (Å²) in [6, 6.07) is 1.90. The Balaban J connectivity index is 1.71. The van der Waals surface area contributed by atoms with Gasteiger partial charge in [-0.1, -0.05) is 0 Å². The Morgan fingerprint density at radius 1 is 1.31 bits per heavy atom. The molecular weight excluding hydrogens is 402 g/mol. The number of carbonyl (C=O) groups is 1. The Bertz CT molecular complexity index is 997. The second kappa shape index (κ2) is 6.65. The van der Waals surface area contributed by atoms with Crippen molar-refractivity contribution in [1.82, 2.24) is 14.9 Å². The van der Waals surface area contributed by atoms with E-state index < -0.39 is 22.8 Å². The molecule has 9 heteroatoms. The number of aromatic nitrogens is 2. The molecule has 2 aliphatic heterocycles. The minimum Gasteiger partial charge on any atom is -0.444 e. The minimum absolute atomic E-state index is 0.0199. The molecule has 3 heterocycles. The molecule has 156 valence electrons. The molecule has 6 nitrogen and oxygen atoms in total. The van der Waals surface area contributed by atoms with Crippen LogP contribution in [0.4, 0.5) is 19.4 Å². The van der Waals surface area contributed by atoms with Crippen LogP contribution < -0.4 is 4.90 Å². The highest BCUT2D eigenvalue weighted by atomic mass is 35.5. The van der Waals surface area contributed by atoms with Crippen LogP contribution in [0.3, 0.4) is 0 Å². The van der Waals surface area contributed by atoms with Crippen molar-refractivity contribution < 1.29 is 18.3 Å². The van der Waals surface area contributed by atoms with Crippen molar-refractivity contribution in [2.24, 2.45) is 0 Å². The molecule has 2 atom stereocenters. The Morgan fingerprint density at radius 3 is 2.69 bits per heavy atom. The third kappa shape index (κ3) is 3.58. The van der Waals surface area contributed by atoms with Crippen LogP contribution in [0, 0.1) is 11.6 Å². The predicted molar refractivity (Wildman–Crippen MR) is 106 cm³/mol. The van der Waals surface area contributed by atoms with Crippen LogP contribution in [0.2, 0.25) is 5.28 Å². The maximum Gasteiger partial charge on any atom is 0.411 e. The summed E-state index contributed by atoms with van der Waals surface area (Å²) in [6.45, 7) is 8.42. The van der Waals surface area contributed by atoms with E-state index in [9.17, 15) is 13.6 Å². The number of ether oxygens (including phenoxy) is 1. The molecule has 2 fully saturated rings. The van der Waals surface area contributed by atoms with E-state index in [2.05, 4.69) is 9.97 Å². The first-order chi connectivity index (χ1) is 13.5. The first-order valence-corrected chi connectivity index (χ1v) is 9.94. The smallest absolute Gasteiger partial charge is 0.411 e. The highest BCUT2D eigenvalue weighted by Gasteiger charge is 2.52. The van der Waals surface area contributed by atoms with Crippen LogP contribution in [-0.2, 0) is 4.74 Å². The van der Waals surface area contributed by atoms with Crippen molar-refractivity contribution in [3.63, 3.8) is 0 Å². The molecule has 2 aromatic rings. The Kier molecular flexibility index (Phi) is 4.60. The molecule has 2 bridgehead atoms. The van der Waals surface area contributed by atoms with Gasteiger partial charge in [0.1, 0.15) is 22.8 Å². The average Bonchev–Trinajstić information content (AvgIpc) is 2.79. The summed E-state index contributed by atoms with van der Waals surface area (Å²) in [7, 11) is 0. The van der Waals surface area contributed by atoms with Gasteiger partial charge < -0.3 is 9.64 Å². The van der Waals surface area contributed by atoms with E-state index in [1.807, 2.05) is 32.6 Å². The zero-order valence-electron chi connectivity index (χ0n) is 16.8. The zero-order valence-corrected chi connectivity index (χ0v) is 17.6. The van der Waals surface area contributed by atoms with E-state index in [4.69, 9.17) is 16.3 Å². The number of rotatable bonds is 1. The number of hydrogen-bond acceptors (Lipinski definition) is 5. The molecule has 0 spiro atoms. The molecule has 2 aliphatic rings. The van der Waals surface area contributed by atoms with E-state index >= 15 is 0 Å². The number of amides is 1. The van der Waals surface area contributed by atoms with Crippen LogP contribution in [0.15, 0.2) is 12.1 Å². The van der Waals surface area contributed by atoms with Crippen molar-refractivity contribution >= 4 is 34.4 Å². The van der Waals surface area contributed by atoms with Gasteiger partial charge in [0.05, 0.1) is 11.6 Å². The van der Waals surface area contributed by atoms with Gasteiger partial charge in [-0.25, -0.2) is 18.6 Å². The standard InChI is InChI=1S/C20H23ClF2N4O2/c1-19(2,3)29-18(28)27-12-5-6-20(27,4)10-26(9-12)16-13-7-11(22)8-14(23)15(13)24-17(21)25-16/h7-8,12H,5-6,9-10H2,1-4H3/t12-,20+/m1/s1. The molecular formula is C20H23ClF2N4O2. The van der Waals surface area contributed by atoms with E-state index in [-0.39, 0.29) is 28.3 Å². The van der Waals surface area contributed by atoms with Crippen molar-refractivity contribution in [3.8, 4) is 0 Å². The monoisotopic (exact) mass is 424 g/mol. The topological polar surface area (TPSA) is 58.6 Å². The van der Waals surface area contributed by atoms with Crippen molar-refractivity contribution in [2.45, 2.75) is 57.7 Å². The molecule has 1 amide bonds. The fourth-order valence-electron chi connectivity index (χ4n) is 4.42. The van der Waals surface area contributed by atoms with Crippen molar-refractivity contribution in [3.05, 3.63) is 29.1 Å². The second-order valence-electron chi connectivity index (χ2n) is 9.02. The lowest BCUT2D eigenvalue weighted by atomic mass is 9.97. The number of nitrogens with zero attached hydrogens (tertiary/aromatic N) is 4. The predicted octanol–water partition coefficient (Wildman–Crippen LogP) is 4.54. The first-order valence-electron chi connectivity index (χ1n) is 9.56. The maximum atomic E-state index is 14.3. The number of piperazine rings is 1. The summed E-state index contributed by atoms with van der Waals surface area (Å²) < 4.78 is 33.8. The highest BCUT2D eigenvalue weighted by molar-refractivity contribution is 6.28. The number of fused-ring (bicyclic) bond motifs is 3. The number of benzene rings is 1. The van der Waals surface area contributed by atoms with Crippen LogP contribution in [0.5, 0.6) is 0 Å². The van der Waals surface area contributed by atoms with Gasteiger partial charge >= 0.3 is 6.09 Å². The fourth-order valence-corrected chi connectivity index (χ4v) is 4.59. The van der Waals surface area contributed by atoms with Crippen molar-refractivity contribution in [2.75, 3.05) is 18.0 Å². The molecule has 29 heavy (non-hydrogen) atoms. The lowest BCUT2D eigenvalue weighted by molar-refractivity contribution is -0.00278. The average molecular weight is 425 g/mol. The molecule has 0 aliphatic carbocycles. The summed E-state index contributed by atoms with van der Waals surface area (Å²) in [6.07, 6.45) is 1.27. The van der Waals surface area contributed by atoms with E-state index in [1.165, 1.54) is 6.07 Å². The van der Waals surface area contributed by atoms with Crippen LogP contribution in [0.1, 0.15) is 40.5 Å². The molecule has 0 unspecified atom stereocenters. The lowest BCUT2D eigenvalue weighted by Crippen LogP contribution is -2.63. The zero-order chi connectivity index (χ0) is 21.1. The molecule has 0 N–H and O–H groups in total. The Labute approximate surface area is 172 Å². The third-order valence-corrected chi connectivity index (χ3v) is 5.66. The van der Waals surface area contributed by atoms with Crippen LogP contribution in [0.25, 0.3) is 10.9 Å². The van der Waals surface area contributed by atoms with E-state index in [1.54, 1.807) is 4.90 Å². The van der Waals surface area contributed by atoms with Gasteiger partial charge in [0.25, 0.3) is 0 Å². The van der Waals surface area contributed by atoms with Gasteiger partial charge in [-0.15, -0.1) is 0 Å². The number of hydrogen-bond donors (Lipinski definition) is 0. The normalized spacial score (nSPS) is 24.3. The van der Waals surface area contributed by atoms with Gasteiger partial charge in [0, 0.05) is 24.5 Å². The fraction of sp³-hybridized carbons (Fsp3) is 0.550. The Morgan fingerprint density at radius 2 is 2.03 bits per heavy atom. The number of anilines is 1.